The van der Waals surface area contributed by atoms with E-state index < -0.39 is 51.1 Å². The number of fused-ring (bicyclic) bond motifs is 1. The molecular formula is C19H20ClF3N4O5S. The van der Waals surface area contributed by atoms with Crippen LogP contribution in [0.2, 0.25) is 0 Å². The normalized spacial score (nSPS) is 23.8. The van der Waals surface area contributed by atoms with Gasteiger partial charge in [0.25, 0.3) is 5.91 Å². The maximum Gasteiger partial charge on any atom is 0.419 e. The minimum atomic E-state index is -4.74. The molecule has 33 heavy (non-hydrogen) atoms. The van der Waals surface area contributed by atoms with E-state index in [4.69, 9.17) is 21.1 Å². The average molecular weight is 509 g/mol. The lowest BCUT2D eigenvalue weighted by Gasteiger charge is -2.44. The number of aliphatic hydroxyl groups is 1. The monoisotopic (exact) mass is 508 g/mol. The van der Waals surface area contributed by atoms with Gasteiger partial charge in [-0.3, -0.25) is 9.79 Å². The van der Waals surface area contributed by atoms with Crippen LogP contribution in [0.25, 0.3) is 5.57 Å². The van der Waals surface area contributed by atoms with E-state index in [2.05, 4.69) is 4.99 Å². The van der Waals surface area contributed by atoms with E-state index in [0.717, 1.165) is 21.5 Å². The molecule has 14 heteroatoms. The Kier molecular flexibility index (Phi) is 6.10. The van der Waals surface area contributed by atoms with Gasteiger partial charge in [-0.1, -0.05) is 11.6 Å². The lowest BCUT2D eigenvalue weighted by atomic mass is 10.0. The molecule has 3 aliphatic rings. The van der Waals surface area contributed by atoms with E-state index in [1.807, 2.05) is 0 Å². The van der Waals surface area contributed by atoms with Gasteiger partial charge in [-0.05, 0) is 12.1 Å². The predicted octanol–water partition coefficient (Wildman–Crippen LogP) is 1.24. The van der Waals surface area contributed by atoms with Gasteiger partial charge in [0.15, 0.2) is 6.04 Å². The van der Waals surface area contributed by atoms with Crippen LogP contribution in [0.4, 0.5) is 13.2 Å². The molecule has 0 saturated carbocycles. The molecule has 1 N–H and O–H groups in total. The van der Waals surface area contributed by atoms with Crippen molar-refractivity contribution in [2.45, 2.75) is 23.8 Å². The summed E-state index contributed by atoms with van der Waals surface area (Å²) in [6, 6.07) is -0.349. The van der Waals surface area contributed by atoms with Crippen LogP contribution in [-0.4, -0.2) is 95.6 Å². The highest BCUT2D eigenvalue weighted by Crippen LogP contribution is 2.40. The number of halogens is 4. The number of aliphatic imine (C=N–C) groups is 1. The Morgan fingerprint density at radius 3 is 2.64 bits per heavy atom. The Morgan fingerprint density at radius 2 is 2.09 bits per heavy atom. The zero-order chi connectivity index (χ0) is 24.1. The highest BCUT2D eigenvalue weighted by atomic mass is 35.5. The van der Waals surface area contributed by atoms with Gasteiger partial charge in [0, 0.05) is 37.0 Å². The van der Waals surface area contributed by atoms with Crippen molar-refractivity contribution >= 4 is 38.9 Å². The van der Waals surface area contributed by atoms with Crippen molar-refractivity contribution in [2.75, 3.05) is 32.5 Å². The van der Waals surface area contributed by atoms with Crippen molar-refractivity contribution < 1.29 is 35.9 Å². The summed E-state index contributed by atoms with van der Waals surface area (Å²) in [6.45, 7) is -0.460. The second kappa shape index (κ2) is 8.46. The maximum absolute atomic E-state index is 13.8. The molecule has 3 aliphatic heterocycles. The fraction of sp³-hybridized carbons (Fsp3) is 0.474. The number of nitrogens with zero attached hydrogens (tertiary/aromatic N) is 4. The van der Waals surface area contributed by atoms with Gasteiger partial charge < -0.3 is 19.3 Å². The molecule has 2 unspecified atom stereocenters. The van der Waals surface area contributed by atoms with Crippen LogP contribution < -0.4 is 0 Å². The topological polar surface area (TPSA) is 107 Å². The molecule has 9 nitrogen and oxygen atoms in total. The Hall–Kier alpha value is -2.35. The van der Waals surface area contributed by atoms with Crippen molar-refractivity contribution in [3.8, 4) is 0 Å². The number of likely N-dealkylation sites (tertiary alicyclic amines) is 1. The molecule has 0 bridgehead atoms. The third-order valence-electron chi connectivity index (χ3n) is 5.59. The summed E-state index contributed by atoms with van der Waals surface area (Å²) < 4.78 is 71.1. The number of aliphatic hydroxyl groups excluding tert-OH is 1. The lowest BCUT2D eigenvalue weighted by molar-refractivity contribution is -0.138. The number of hydrogen-bond donors (Lipinski definition) is 1. The molecule has 180 valence electrons. The molecule has 4 heterocycles. The van der Waals surface area contributed by atoms with E-state index >= 15 is 0 Å². The SMILES string of the molecule is CS(=O)(=O)N(CCO)C1CN(C(=O)C2N=C3C(C(F)(F)F)=CC(c4ccoc4)=CN3C2Cl)C1. The number of furan rings is 1. The smallest absolute Gasteiger partial charge is 0.419 e. The molecular weight excluding hydrogens is 489 g/mol. The van der Waals surface area contributed by atoms with Gasteiger partial charge in [0.1, 0.15) is 11.3 Å². The predicted molar refractivity (Wildman–Crippen MR) is 113 cm³/mol. The first-order valence-corrected chi connectivity index (χ1v) is 12.1. The van der Waals surface area contributed by atoms with Crippen LogP contribution in [0, 0.1) is 0 Å². The summed E-state index contributed by atoms with van der Waals surface area (Å²) in [6.07, 6.45) is 1.19. The van der Waals surface area contributed by atoms with Gasteiger partial charge in [-0.25, -0.2) is 8.42 Å². The van der Waals surface area contributed by atoms with E-state index in [1.165, 1.54) is 29.7 Å². The van der Waals surface area contributed by atoms with Gasteiger partial charge in [0.2, 0.25) is 10.0 Å². The highest BCUT2D eigenvalue weighted by molar-refractivity contribution is 7.88. The quantitative estimate of drug-likeness (QED) is 0.458. The number of sulfonamides is 1. The van der Waals surface area contributed by atoms with Crippen LogP contribution in [0.15, 0.2) is 45.9 Å². The number of amidine groups is 1. The minimum Gasteiger partial charge on any atom is -0.472 e. The Bertz CT molecular complexity index is 1130. The molecule has 0 spiro atoms. The van der Waals surface area contributed by atoms with Crippen LogP contribution in [0.5, 0.6) is 0 Å². The molecule has 0 aliphatic carbocycles. The first-order chi connectivity index (χ1) is 15.4. The molecule has 4 rings (SSSR count). The molecule has 1 fully saturated rings. The minimum absolute atomic E-state index is 0.0228. The summed E-state index contributed by atoms with van der Waals surface area (Å²) in [4.78, 5) is 19.4. The standard InChI is InChI=1S/C19H20ClF3N4O5S/c1-33(30,31)27(3-4-28)13-8-25(9-13)18(29)15-16(20)26-7-12(11-2-5-32-10-11)6-14(17(26)24-15)19(21,22)23/h2,5-7,10,13,15-16,28H,3-4,8-9H2,1H3. The molecule has 1 aromatic rings. The summed E-state index contributed by atoms with van der Waals surface area (Å²) in [5.74, 6) is -1.06. The number of carbonyl (C=O) groups excluding carboxylic acids is 1. The number of amides is 1. The molecule has 2 atom stereocenters. The molecule has 1 aromatic heterocycles. The Balaban J connectivity index is 1.55. The largest absolute Gasteiger partial charge is 0.472 e. The summed E-state index contributed by atoms with van der Waals surface area (Å²) in [7, 11) is -3.61. The molecule has 0 radical (unpaired) electrons. The van der Waals surface area contributed by atoms with Gasteiger partial charge >= 0.3 is 6.18 Å². The Morgan fingerprint density at radius 1 is 1.39 bits per heavy atom. The second-order valence-electron chi connectivity index (χ2n) is 7.82. The van der Waals surface area contributed by atoms with E-state index in [0.29, 0.717) is 5.56 Å². The second-order valence-corrected chi connectivity index (χ2v) is 10.2. The lowest BCUT2D eigenvalue weighted by Crippen LogP contribution is -2.64. The van der Waals surface area contributed by atoms with Crippen molar-refractivity contribution in [3.05, 3.63) is 42.0 Å². The zero-order valence-electron chi connectivity index (χ0n) is 17.2. The van der Waals surface area contributed by atoms with Crippen molar-refractivity contribution in [1.29, 1.82) is 0 Å². The number of allylic oxidation sites excluding steroid dienone is 2. The van der Waals surface area contributed by atoms with Crippen molar-refractivity contribution in [1.82, 2.24) is 14.1 Å². The van der Waals surface area contributed by atoms with Crippen molar-refractivity contribution in [2.24, 2.45) is 4.99 Å². The summed E-state index contributed by atoms with van der Waals surface area (Å²) >= 11 is 6.40. The average Bonchev–Trinajstić information content (AvgIpc) is 3.32. The third-order valence-corrected chi connectivity index (χ3v) is 7.37. The zero-order valence-corrected chi connectivity index (χ0v) is 18.8. The highest BCUT2D eigenvalue weighted by Gasteiger charge is 2.50. The number of carbonyl (C=O) groups is 1. The van der Waals surface area contributed by atoms with E-state index in [-0.39, 0.29) is 31.8 Å². The first kappa shape index (κ1) is 23.8. The van der Waals surface area contributed by atoms with Crippen LogP contribution >= 0.6 is 11.6 Å². The van der Waals surface area contributed by atoms with Gasteiger partial charge in [-0.2, -0.15) is 17.5 Å². The van der Waals surface area contributed by atoms with E-state index in [1.54, 1.807) is 0 Å². The molecule has 1 saturated heterocycles. The third kappa shape index (κ3) is 4.42. The number of rotatable bonds is 6. The molecule has 1 amide bonds. The van der Waals surface area contributed by atoms with Crippen LogP contribution in [0.3, 0.4) is 0 Å². The summed E-state index contributed by atoms with van der Waals surface area (Å²) in [5.41, 5.74) is -1.63. The number of alkyl halides is 4. The van der Waals surface area contributed by atoms with Crippen molar-refractivity contribution in [3.63, 3.8) is 0 Å². The maximum atomic E-state index is 13.8. The van der Waals surface area contributed by atoms with E-state index in [9.17, 15) is 26.4 Å². The van der Waals surface area contributed by atoms with Gasteiger partial charge in [-0.15, -0.1) is 0 Å². The van der Waals surface area contributed by atoms with Gasteiger partial charge in [0.05, 0.1) is 37.0 Å². The molecule has 0 aromatic carbocycles. The fourth-order valence-electron chi connectivity index (χ4n) is 3.97. The number of hydrogen-bond acceptors (Lipinski definition) is 7. The fourth-order valence-corrected chi connectivity index (χ4v) is 5.37. The Labute approximate surface area is 192 Å². The van der Waals surface area contributed by atoms with Crippen LogP contribution in [0.1, 0.15) is 5.56 Å². The van der Waals surface area contributed by atoms with Crippen LogP contribution in [-0.2, 0) is 14.8 Å². The first-order valence-electron chi connectivity index (χ1n) is 9.82. The summed E-state index contributed by atoms with van der Waals surface area (Å²) in [5, 5.41) is 9.11.